The van der Waals surface area contributed by atoms with Crippen LogP contribution in [0.15, 0.2) is 24.3 Å². The molecule has 0 bridgehead atoms. The first-order chi connectivity index (χ1) is 6.92. The minimum absolute atomic E-state index is 0.0285. The topological polar surface area (TPSA) is 46.5 Å². The second-order valence-corrected chi connectivity index (χ2v) is 2.66. The zero-order chi connectivity index (χ0) is 11.5. The minimum Gasteiger partial charge on any atom is -0.406 e. The lowest BCUT2D eigenvalue weighted by atomic mass is 10.1. The van der Waals surface area contributed by atoms with Crippen molar-refractivity contribution in [2.45, 2.75) is 6.36 Å². The molecule has 6 heteroatoms. The van der Waals surface area contributed by atoms with E-state index < -0.39 is 24.5 Å². The van der Waals surface area contributed by atoms with E-state index >= 15 is 0 Å². The fourth-order valence-corrected chi connectivity index (χ4v) is 0.958. The number of hydrogen-bond donors (Lipinski definition) is 1. The van der Waals surface area contributed by atoms with Crippen molar-refractivity contribution in [3.63, 3.8) is 0 Å². The Kier molecular flexibility index (Phi) is 3.31. The molecule has 1 aromatic rings. The van der Waals surface area contributed by atoms with Gasteiger partial charge in [-0.1, -0.05) is 12.1 Å². The number of carbonyl (C=O) groups excluding carboxylic acids is 1. The SMILES string of the molecule is O=C(CO)c1cccc(OC(F)(F)F)c1. The standard InChI is InChI=1S/C9H7F3O3/c10-9(11,12)15-7-3-1-2-6(4-7)8(14)5-13/h1-4,13H,5H2. The Bertz CT molecular complexity index is 360. The first-order valence-corrected chi connectivity index (χ1v) is 3.92. The fraction of sp³-hybridized carbons (Fsp3) is 0.222. The average Bonchev–Trinajstić information content (AvgIpc) is 2.14. The molecular weight excluding hydrogens is 213 g/mol. The maximum Gasteiger partial charge on any atom is 0.573 e. The molecular formula is C9H7F3O3. The molecule has 0 aromatic heterocycles. The number of ether oxygens (including phenoxy) is 1. The third kappa shape index (κ3) is 3.59. The first-order valence-electron chi connectivity index (χ1n) is 3.92. The molecule has 1 aromatic carbocycles. The van der Waals surface area contributed by atoms with E-state index in [1.54, 1.807) is 0 Å². The van der Waals surface area contributed by atoms with Gasteiger partial charge in [0.25, 0.3) is 0 Å². The molecule has 0 amide bonds. The van der Waals surface area contributed by atoms with Gasteiger partial charge in [0.2, 0.25) is 0 Å². The maximum absolute atomic E-state index is 11.8. The van der Waals surface area contributed by atoms with E-state index in [2.05, 4.69) is 4.74 Å². The van der Waals surface area contributed by atoms with Gasteiger partial charge in [0.15, 0.2) is 5.78 Å². The second-order valence-electron chi connectivity index (χ2n) is 2.66. The van der Waals surface area contributed by atoms with Gasteiger partial charge in [-0.2, -0.15) is 0 Å². The highest BCUT2D eigenvalue weighted by atomic mass is 19.4. The summed E-state index contributed by atoms with van der Waals surface area (Å²) < 4.78 is 39.0. The van der Waals surface area contributed by atoms with Crippen LogP contribution in [0, 0.1) is 0 Å². The lowest BCUT2D eigenvalue weighted by Gasteiger charge is -2.09. The monoisotopic (exact) mass is 220 g/mol. The van der Waals surface area contributed by atoms with Gasteiger partial charge in [-0.15, -0.1) is 13.2 Å². The van der Waals surface area contributed by atoms with Crippen molar-refractivity contribution in [3.05, 3.63) is 29.8 Å². The molecule has 0 spiro atoms. The third-order valence-electron chi connectivity index (χ3n) is 1.53. The Morgan fingerprint density at radius 2 is 2.07 bits per heavy atom. The van der Waals surface area contributed by atoms with Crippen molar-refractivity contribution < 1.29 is 27.8 Å². The van der Waals surface area contributed by atoms with Crippen LogP contribution in [0.2, 0.25) is 0 Å². The van der Waals surface area contributed by atoms with Crippen LogP contribution in [0.4, 0.5) is 13.2 Å². The lowest BCUT2D eigenvalue weighted by Crippen LogP contribution is -2.17. The molecule has 0 saturated heterocycles. The van der Waals surface area contributed by atoms with Crippen LogP contribution in [-0.2, 0) is 0 Å². The van der Waals surface area contributed by atoms with Gasteiger partial charge in [-0.05, 0) is 12.1 Å². The van der Waals surface area contributed by atoms with Crippen molar-refractivity contribution in [3.8, 4) is 5.75 Å². The zero-order valence-corrected chi connectivity index (χ0v) is 7.41. The molecule has 0 unspecified atom stereocenters. The third-order valence-corrected chi connectivity index (χ3v) is 1.53. The molecule has 1 N–H and O–H groups in total. The summed E-state index contributed by atoms with van der Waals surface area (Å²) in [5.74, 6) is -1.15. The number of aliphatic hydroxyl groups is 1. The predicted octanol–water partition coefficient (Wildman–Crippen LogP) is 1.76. The van der Waals surface area contributed by atoms with E-state index in [1.165, 1.54) is 12.1 Å². The van der Waals surface area contributed by atoms with Crippen molar-refractivity contribution in [1.82, 2.24) is 0 Å². The van der Waals surface area contributed by atoms with Gasteiger partial charge < -0.3 is 9.84 Å². The number of Topliss-reactive ketones (excluding diaryl/α,β-unsaturated/α-hetero) is 1. The Hall–Kier alpha value is -1.56. The summed E-state index contributed by atoms with van der Waals surface area (Å²) in [5.41, 5.74) is -0.0285. The Morgan fingerprint density at radius 1 is 1.40 bits per heavy atom. The summed E-state index contributed by atoms with van der Waals surface area (Å²) in [6, 6.07) is 4.53. The highest BCUT2D eigenvalue weighted by Gasteiger charge is 2.31. The van der Waals surface area contributed by atoms with Crippen LogP contribution >= 0.6 is 0 Å². The lowest BCUT2D eigenvalue weighted by molar-refractivity contribution is -0.274. The molecule has 0 heterocycles. The highest BCUT2D eigenvalue weighted by molar-refractivity contribution is 5.97. The summed E-state index contributed by atoms with van der Waals surface area (Å²) in [6.45, 7) is -0.754. The average molecular weight is 220 g/mol. The number of ketones is 1. The number of alkyl halides is 3. The zero-order valence-electron chi connectivity index (χ0n) is 7.41. The molecule has 82 valence electrons. The van der Waals surface area contributed by atoms with Gasteiger partial charge in [0.05, 0.1) is 0 Å². The summed E-state index contributed by atoms with van der Waals surface area (Å²) in [4.78, 5) is 10.9. The van der Waals surface area contributed by atoms with Crippen LogP contribution in [-0.4, -0.2) is 23.9 Å². The van der Waals surface area contributed by atoms with Crippen LogP contribution in [0.25, 0.3) is 0 Å². The molecule has 0 aliphatic rings. The van der Waals surface area contributed by atoms with Crippen molar-refractivity contribution in [1.29, 1.82) is 0 Å². The molecule has 3 nitrogen and oxygen atoms in total. The smallest absolute Gasteiger partial charge is 0.406 e. The Balaban J connectivity index is 2.88. The largest absolute Gasteiger partial charge is 0.573 e. The van der Waals surface area contributed by atoms with Crippen LogP contribution in [0.5, 0.6) is 5.75 Å². The summed E-state index contributed by atoms with van der Waals surface area (Å²) in [7, 11) is 0. The minimum atomic E-state index is -4.79. The Morgan fingerprint density at radius 3 is 2.60 bits per heavy atom. The highest BCUT2D eigenvalue weighted by Crippen LogP contribution is 2.23. The van der Waals surface area contributed by atoms with Gasteiger partial charge in [-0.25, -0.2) is 0 Å². The molecule has 0 fully saturated rings. The van der Waals surface area contributed by atoms with Gasteiger partial charge >= 0.3 is 6.36 Å². The van der Waals surface area contributed by atoms with Crippen molar-refractivity contribution in [2.75, 3.05) is 6.61 Å². The molecule has 0 aliphatic carbocycles. The number of hydrogen-bond acceptors (Lipinski definition) is 3. The van der Waals surface area contributed by atoms with Crippen LogP contribution in [0.1, 0.15) is 10.4 Å². The van der Waals surface area contributed by atoms with E-state index in [0.717, 1.165) is 12.1 Å². The molecule has 0 aliphatic heterocycles. The van der Waals surface area contributed by atoms with Gasteiger partial charge in [0, 0.05) is 5.56 Å². The van der Waals surface area contributed by atoms with Crippen LogP contribution in [0.3, 0.4) is 0 Å². The number of carbonyl (C=O) groups is 1. The molecule has 15 heavy (non-hydrogen) atoms. The Labute approximate surface area is 83.1 Å². The summed E-state index contributed by atoms with van der Waals surface area (Å²) in [5, 5.41) is 8.50. The van der Waals surface area contributed by atoms with Gasteiger partial charge in [0.1, 0.15) is 12.4 Å². The number of benzene rings is 1. The summed E-state index contributed by atoms with van der Waals surface area (Å²) in [6.07, 6.45) is -4.79. The maximum atomic E-state index is 11.8. The van der Waals surface area contributed by atoms with Crippen molar-refractivity contribution in [2.24, 2.45) is 0 Å². The number of rotatable bonds is 3. The molecule has 0 radical (unpaired) electrons. The first kappa shape index (κ1) is 11.5. The normalized spacial score (nSPS) is 11.2. The van der Waals surface area contributed by atoms with E-state index in [0.29, 0.717) is 0 Å². The van der Waals surface area contributed by atoms with E-state index in [4.69, 9.17) is 5.11 Å². The second kappa shape index (κ2) is 4.31. The van der Waals surface area contributed by atoms with E-state index in [1.807, 2.05) is 0 Å². The van der Waals surface area contributed by atoms with Crippen LogP contribution < -0.4 is 4.74 Å². The van der Waals surface area contributed by atoms with E-state index in [9.17, 15) is 18.0 Å². The van der Waals surface area contributed by atoms with E-state index in [-0.39, 0.29) is 5.56 Å². The molecule has 0 saturated carbocycles. The summed E-state index contributed by atoms with van der Waals surface area (Å²) >= 11 is 0. The number of aliphatic hydroxyl groups excluding tert-OH is 1. The predicted molar refractivity (Wildman–Crippen MR) is 44.5 cm³/mol. The quantitative estimate of drug-likeness (QED) is 0.789. The molecule has 1 rings (SSSR count). The fourth-order valence-electron chi connectivity index (χ4n) is 0.958. The van der Waals surface area contributed by atoms with Crippen molar-refractivity contribution >= 4 is 5.78 Å². The molecule has 0 atom stereocenters. The number of halogens is 3. The van der Waals surface area contributed by atoms with Gasteiger partial charge in [-0.3, -0.25) is 4.79 Å².